The highest BCUT2D eigenvalue weighted by Gasteiger charge is 2.44. The molecule has 0 bridgehead atoms. The van der Waals surface area contributed by atoms with E-state index in [1.54, 1.807) is 11.9 Å². The van der Waals surface area contributed by atoms with Crippen LogP contribution in [0, 0.1) is 28.4 Å². The summed E-state index contributed by atoms with van der Waals surface area (Å²) in [6.45, 7) is 0.409. The molecule has 96 valence electrons. The van der Waals surface area contributed by atoms with Gasteiger partial charge in [0.05, 0.1) is 24.3 Å². The molecular weight excluding hydrogens is 238 g/mol. The van der Waals surface area contributed by atoms with Crippen LogP contribution < -0.4 is 9.64 Å². The monoisotopic (exact) mass is 252 g/mol. The second-order valence-corrected chi connectivity index (χ2v) is 4.69. The fraction of sp³-hybridized carbons (Fsp3) is 0.462. The Morgan fingerprint density at radius 2 is 2.06 bits per heavy atom. The molecule has 0 aliphatic heterocycles. The van der Waals surface area contributed by atoms with Gasteiger partial charge in [0.15, 0.2) is 11.6 Å². The molecule has 5 heteroatoms. The number of anilines is 1. The molecular formula is C13H14F2N2O. The second-order valence-electron chi connectivity index (χ2n) is 4.69. The number of halogens is 2. The average Bonchev–Trinajstić information content (AvgIpc) is 3.11. The molecule has 0 N–H and O–H groups in total. The van der Waals surface area contributed by atoms with Gasteiger partial charge in [-0.3, -0.25) is 0 Å². The van der Waals surface area contributed by atoms with Crippen molar-refractivity contribution in [2.45, 2.75) is 12.8 Å². The van der Waals surface area contributed by atoms with E-state index in [1.165, 1.54) is 7.11 Å². The topological polar surface area (TPSA) is 36.3 Å². The summed E-state index contributed by atoms with van der Waals surface area (Å²) < 4.78 is 32.0. The minimum absolute atomic E-state index is 0.119. The van der Waals surface area contributed by atoms with Crippen LogP contribution in [-0.4, -0.2) is 20.7 Å². The summed E-state index contributed by atoms with van der Waals surface area (Å²) >= 11 is 0. The summed E-state index contributed by atoms with van der Waals surface area (Å²) in [6, 6.07) is 4.35. The van der Waals surface area contributed by atoms with Crippen molar-refractivity contribution in [2.24, 2.45) is 5.41 Å². The number of ether oxygens (including phenoxy) is 1. The van der Waals surface area contributed by atoms with Gasteiger partial charge in [0.1, 0.15) is 5.82 Å². The standard InChI is InChI=1S/C13H14F2N2O/c1-17(8-13(7-16)3-4-13)11-5-10(15)12(18-2)6-9(11)14/h5-6H,3-4,8H2,1-2H3. The lowest BCUT2D eigenvalue weighted by Gasteiger charge is -2.22. The minimum atomic E-state index is -0.609. The van der Waals surface area contributed by atoms with Crippen LogP contribution in [-0.2, 0) is 0 Å². The van der Waals surface area contributed by atoms with Gasteiger partial charge < -0.3 is 9.64 Å². The first kappa shape index (κ1) is 12.6. The van der Waals surface area contributed by atoms with Crippen LogP contribution in [0.2, 0.25) is 0 Å². The molecule has 0 atom stereocenters. The molecule has 0 spiro atoms. The van der Waals surface area contributed by atoms with Gasteiger partial charge in [-0.1, -0.05) is 0 Å². The summed E-state index contributed by atoms with van der Waals surface area (Å²) in [4.78, 5) is 1.58. The molecule has 18 heavy (non-hydrogen) atoms. The van der Waals surface area contributed by atoms with E-state index < -0.39 is 17.0 Å². The Kier molecular flexibility index (Phi) is 3.12. The summed E-state index contributed by atoms with van der Waals surface area (Å²) in [5.74, 6) is -1.28. The van der Waals surface area contributed by atoms with Crippen molar-refractivity contribution in [1.82, 2.24) is 0 Å². The Hall–Kier alpha value is -1.83. The number of hydrogen-bond donors (Lipinski definition) is 0. The van der Waals surface area contributed by atoms with Crippen LogP contribution in [0.5, 0.6) is 5.75 Å². The molecule has 1 aliphatic carbocycles. The minimum Gasteiger partial charge on any atom is -0.494 e. The van der Waals surface area contributed by atoms with Crippen molar-refractivity contribution < 1.29 is 13.5 Å². The fourth-order valence-corrected chi connectivity index (χ4v) is 1.96. The van der Waals surface area contributed by atoms with Crippen molar-refractivity contribution in [1.29, 1.82) is 5.26 Å². The zero-order valence-electron chi connectivity index (χ0n) is 10.3. The summed E-state index contributed by atoms with van der Waals surface area (Å²) in [6.07, 6.45) is 1.63. The number of nitrogens with zero attached hydrogens (tertiary/aromatic N) is 2. The Morgan fingerprint density at radius 1 is 1.39 bits per heavy atom. The van der Waals surface area contributed by atoms with Gasteiger partial charge in [-0.25, -0.2) is 8.78 Å². The van der Waals surface area contributed by atoms with Crippen LogP contribution in [0.15, 0.2) is 12.1 Å². The smallest absolute Gasteiger partial charge is 0.167 e. The van der Waals surface area contributed by atoms with E-state index in [0.29, 0.717) is 6.54 Å². The van der Waals surface area contributed by atoms with Crippen molar-refractivity contribution in [2.75, 3.05) is 25.6 Å². The van der Waals surface area contributed by atoms with E-state index in [1.807, 2.05) is 0 Å². The van der Waals surface area contributed by atoms with Crippen LogP contribution in [0.25, 0.3) is 0 Å². The molecule has 0 amide bonds. The molecule has 0 radical (unpaired) electrons. The zero-order valence-corrected chi connectivity index (χ0v) is 10.3. The quantitative estimate of drug-likeness (QED) is 0.826. The molecule has 1 aromatic carbocycles. The highest BCUT2D eigenvalue weighted by molar-refractivity contribution is 5.51. The number of benzene rings is 1. The average molecular weight is 252 g/mol. The predicted octanol–water partition coefficient (Wildman–Crippen LogP) is 2.71. The van der Waals surface area contributed by atoms with Gasteiger partial charge in [0, 0.05) is 25.7 Å². The summed E-state index contributed by atoms with van der Waals surface area (Å²) in [7, 11) is 2.94. The fourth-order valence-electron chi connectivity index (χ4n) is 1.96. The number of rotatable bonds is 4. The van der Waals surface area contributed by atoms with E-state index in [0.717, 1.165) is 25.0 Å². The maximum Gasteiger partial charge on any atom is 0.167 e. The summed E-state index contributed by atoms with van der Waals surface area (Å²) in [5, 5.41) is 8.99. The van der Waals surface area contributed by atoms with E-state index in [4.69, 9.17) is 10.00 Å². The molecule has 0 unspecified atom stereocenters. The largest absolute Gasteiger partial charge is 0.494 e. The molecule has 0 heterocycles. The highest BCUT2D eigenvalue weighted by atomic mass is 19.1. The Bertz CT molecular complexity index is 506. The van der Waals surface area contributed by atoms with Crippen molar-refractivity contribution >= 4 is 5.69 Å². The number of nitriles is 1. The van der Waals surface area contributed by atoms with Gasteiger partial charge in [-0.15, -0.1) is 0 Å². The maximum absolute atomic E-state index is 13.8. The van der Waals surface area contributed by atoms with Crippen LogP contribution in [0.3, 0.4) is 0 Å². The maximum atomic E-state index is 13.8. The van der Waals surface area contributed by atoms with Gasteiger partial charge in [-0.2, -0.15) is 5.26 Å². The van der Waals surface area contributed by atoms with E-state index in [-0.39, 0.29) is 11.4 Å². The third-order valence-corrected chi connectivity index (χ3v) is 3.26. The van der Waals surface area contributed by atoms with E-state index in [9.17, 15) is 8.78 Å². The van der Waals surface area contributed by atoms with E-state index in [2.05, 4.69) is 6.07 Å². The lowest BCUT2D eigenvalue weighted by molar-refractivity contribution is 0.382. The third kappa shape index (κ3) is 2.23. The molecule has 1 aromatic rings. The third-order valence-electron chi connectivity index (χ3n) is 3.26. The zero-order chi connectivity index (χ0) is 13.3. The highest BCUT2D eigenvalue weighted by Crippen LogP contribution is 2.46. The first-order valence-electron chi connectivity index (χ1n) is 5.67. The van der Waals surface area contributed by atoms with Crippen LogP contribution in [0.4, 0.5) is 14.5 Å². The molecule has 1 fully saturated rings. The molecule has 1 aliphatic rings. The first-order valence-corrected chi connectivity index (χ1v) is 5.67. The van der Waals surface area contributed by atoms with Crippen molar-refractivity contribution in [3.05, 3.63) is 23.8 Å². The molecule has 3 nitrogen and oxygen atoms in total. The van der Waals surface area contributed by atoms with Crippen LogP contribution >= 0.6 is 0 Å². The number of hydrogen-bond acceptors (Lipinski definition) is 3. The van der Waals surface area contributed by atoms with Gasteiger partial charge >= 0.3 is 0 Å². The molecule has 0 aromatic heterocycles. The first-order chi connectivity index (χ1) is 8.51. The molecule has 0 saturated heterocycles. The SMILES string of the molecule is COc1cc(F)c(N(C)CC2(C#N)CC2)cc1F. The van der Waals surface area contributed by atoms with Crippen molar-refractivity contribution in [3.8, 4) is 11.8 Å². The lowest BCUT2D eigenvalue weighted by Crippen LogP contribution is -2.26. The Morgan fingerprint density at radius 3 is 2.56 bits per heavy atom. The Labute approximate surface area is 105 Å². The second kappa shape index (κ2) is 4.45. The summed E-state index contributed by atoms with van der Waals surface area (Å²) in [5.41, 5.74) is -0.243. The molecule has 2 rings (SSSR count). The van der Waals surface area contributed by atoms with Crippen molar-refractivity contribution in [3.63, 3.8) is 0 Å². The van der Waals surface area contributed by atoms with E-state index >= 15 is 0 Å². The van der Waals surface area contributed by atoms with Gasteiger partial charge in [0.2, 0.25) is 0 Å². The predicted molar refractivity (Wildman–Crippen MR) is 63.5 cm³/mol. The normalized spacial score (nSPS) is 15.9. The lowest BCUT2D eigenvalue weighted by atomic mass is 10.1. The van der Waals surface area contributed by atoms with Gasteiger partial charge in [-0.05, 0) is 12.8 Å². The number of methoxy groups -OCH3 is 1. The Balaban J connectivity index is 2.23. The van der Waals surface area contributed by atoms with Crippen LogP contribution in [0.1, 0.15) is 12.8 Å². The van der Waals surface area contributed by atoms with Gasteiger partial charge in [0.25, 0.3) is 0 Å². The molecule has 1 saturated carbocycles.